The molecule has 0 spiro atoms. The predicted octanol–water partition coefficient (Wildman–Crippen LogP) is 2.66. The molecule has 0 aliphatic heterocycles. The van der Waals surface area contributed by atoms with Crippen LogP contribution in [0.4, 0.5) is 5.69 Å². The molecule has 0 heterocycles. The number of benzene rings is 2. The van der Waals surface area contributed by atoms with Crippen LogP contribution in [0.2, 0.25) is 0 Å². The number of rotatable bonds is 4. The van der Waals surface area contributed by atoms with Crippen molar-refractivity contribution in [2.45, 2.75) is 13.0 Å². The van der Waals surface area contributed by atoms with Crippen molar-refractivity contribution >= 4 is 11.6 Å². The zero-order valence-corrected chi connectivity index (χ0v) is 12.2. The Morgan fingerprint density at radius 3 is 2.52 bits per heavy atom. The first-order valence-electron chi connectivity index (χ1n) is 6.70. The molecule has 2 aromatic carbocycles. The fourth-order valence-electron chi connectivity index (χ4n) is 2.02. The fourth-order valence-corrected chi connectivity index (χ4v) is 2.02. The summed E-state index contributed by atoms with van der Waals surface area (Å²) in [7, 11) is 0. The average Bonchev–Trinajstić information content (AvgIpc) is 2.54. The molecule has 7 heteroatoms. The SMILES string of the molecule is C[C@H](NC(=O)c1ccc(O)c([N+](=O)[O-])c1)c1ccc(C#N)cc1. The number of nitro groups is 1. The van der Waals surface area contributed by atoms with Crippen molar-refractivity contribution in [3.05, 3.63) is 69.3 Å². The Kier molecular flexibility index (Phi) is 4.57. The molecule has 2 aromatic rings. The van der Waals surface area contributed by atoms with E-state index in [0.717, 1.165) is 17.7 Å². The maximum Gasteiger partial charge on any atom is 0.311 e. The molecule has 1 atom stereocenters. The van der Waals surface area contributed by atoms with Gasteiger partial charge in [-0.1, -0.05) is 12.1 Å². The van der Waals surface area contributed by atoms with Crippen LogP contribution in [-0.2, 0) is 0 Å². The zero-order valence-electron chi connectivity index (χ0n) is 12.2. The van der Waals surface area contributed by atoms with Crippen LogP contribution in [0.25, 0.3) is 0 Å². The van der Waals surface area contributed by atoms with Crippen LogP contribution in [0.1, 0.15) is 34.5 Å². The minimum absolute atomic E-state index is 0.0787. The van der Waals surface area contributed by atoms with E-state index in [1.165, 1.54) is 6.07 Å². The predicted molar refractivity (Wildman–Crippen MR) is 81.8 cm³/mol. The lowest BCUT2D eigenvalue weighted by Gasteiger charge is -2.14. The van der Waals surface area contributed by atoms with Gasteiger partial charge < -0.3 is 10.4 Å². The normalized spacial score (nSPS) is 11.3. The van der Waals surface area contributed by atoms with Crippen molar-refractivity contribution in [1.29, 1.82) is 5.26 Å². The monoisotopic (exact) mass is 311 g/mol. The topological polar surface area (TPSA) is 116 Å². The van der Waals surface area contributed by atoms with Gasteiger partial charge in [-0.05, 0) is 36.8 Å². The summed E-state index contributed by atoms with van der Waals surface area (Å²) in [5.74, 6) is -0.989. The summed E-state index contributed by atoms with van der Waals surface area (Å²) in [6, 6.07) is 11.8. The van der Waals surface area contributed by atoms with E-state index in [4.69, 9.17) is 5.26 Å². The van der Waals surface area contributed by atoms with Crippen molar-refractivity contribution in [2.24, 2.45) is 0 Å². The van der Waals surface area contributed by atoms with Crippen LogP contribution in [0.5, 0.6) is 5.75 Å². The summed E-state index contributed by atoms with van der Waals surface area (Å²) >= 11 is 0. The summed E-state index contributed by atoms with van der Waals surface area (Å²) in [4.78, 5) is 22.2. The molecule has 0 fully saturated rings. The zero-order chi connectivity index (χ0) is 17.0. The third kappa shape index (κ3) is 3.63. The number of phenolic OH excluding ortho intramolecular Hbond substituents is 1. The molecule has 7 nitrogen and oxygen atoms in total. The minimum atomic E-state index is -0.754. The Balaban J connectivity index is 2.16. The number of hydrogen-bond acceptors (Lipinski definition) is 5. The second-order valence-corrected chi connectivity index (χ2v) is 4.89. The van der Waals surface area contributed by atoms with Gasteiger partial charge in [0, 0.05) is 11.6 Å². The molecule has 0 aliphatic carbocycles. The van der Waals surface area contributed by atoms with Gasteiger partial charge in [-0.3, -0.25) is 14.9 Å². The molecule has 0 aromatic heterocycles. The molecule has 0 bridgehead atoms. The summed E-state index contributed by atoms with van der Waals surface area (Å²) in [6.45, 7) is 1.76. The molecule has 116 valence electrons. The first kappa shape index (κ1) is 16.0. The van der Waals surface area contributed by atoms with E-state index in [-0.39, 0.29) is 11.6 Å². The van der Waals surface area contributed by atoms with Crippen LogP contribution < -0.4 is 5.32 Å². The summed E-state index contributed by atoms with van der Waals surface area (Å²) in [5, 5.41) is 31.7. The third-order valence-corrected chi connectivity index (χ3v) is 3.32. The molecular weight excluding hydrogens is 298 g/mol. The highest BCUT2D eigenvalue weighted by Gasteiger charge is 2.18. The molecule has 0 saturated carbocycles. The van der Waals surface area contributed by atoms with Crippen molar-refractivity contribution in [2.75, 3.05) is 0 Å². The smallest absolute Gasteiger partial charge is 0.311 e. The van der Waals surface area contributed by atoms with Gasteiger partial charge in [0.05, 0.1) is 22.6 Å². The van der Waals surface area contributed by atoms with Gasteiger partial charge in [0.1, 0.15) is 0 Å². The highest BCUT2D eigenvalue weighted by Crippen LogP contribution is 2.26. The number of nitriles is 1. The molecular formula is C16H13N3O4. The van der Waals surface area contributed by atoms with E-state index in [0.29, 0.717) is 5.56 Å². The van der Waals surface area contributed by atoms with Gasteiger partial charge in [-0.2, -0.15) is 5.26 Å². The summed E-state index contributed by atoms with van der Waals surface area (Å²) in [5.41, 5.74) is 0.866. The number of nitro benzene ring substituents is 1. The average molecular weight is 311 g/mol. The molecule has 2 rings (SSSR count). The van der Waals surface area contributed by atoms with Gasteiger partial charge in [0.2, 0.25) is 0 Å². The second kappa shape index (κ2) is 6.58. The number of hydrogen-bond donors (Lipinski definition) is 2. The summed E-state index contributed by atoms with van der Waals surface area (Å²) in [6.07, 6.45) is 0. The number of carbonyl (C=O) groups is 1. The van der Waals surface area contributed by atoms with E-state index < -0.39 is 22.3 Å². The first-order valence-corrected chi connectivity index (χ1v) is 6.70. The molecule has 0 unspecified atom stereocenters. The van der Waals surface area contributed by atoms with Crippen LogP contribution in [0.15, 0.2) is 42.5 Å². The largest absolute Gasteiger partial charge is 0.502 e. The highest BCUT2D eigenvalue weighted by molar-refractivity contribution is 5.95. The Bertz CT molecular complexity index is 794. The van der Waals surface area contributed by atoms with Gasteiger partial charge in [0.15, 0.2) is 5.75 Å². The van der Waals surface area contributed by atoms with Gasteiger partial charge in [0.25, 0.3) is 5.91 Å². The lowest BCUT2D eigenvalue weighted by Crippen LogP contribution is -2.26. The quantitative estimate of drug-likeness (QED) is 0.665. The van der Waals surface area contributed by atoms with E-state index >= 15 is 0 Å². The van der Waals surface area contributed by atoms with Gasteiger partial charge >= 0.3 is 5.69 Å². The first-order chi connectivity index (χ1) is 10.9. The maximum absolute atomic E-state index is 12.2. The van der Waals surface area contributed by atoms with Crippen LogP contribution >= 0.6 is 0 Å². The number of nitrogens with zero attached hydrogens (tertiary/aromatic N) is 2. The molecule has 1 amide bonds. The lowest BCUT2D eigenvalue weighted by molar-refractivity contribution is -0.385. The third-order valence-electron chi connectivity index (χ3n) is 3.32. The van der Waals surface area contributed by atoms with E-state index in [1.54, 1.807) is 31.2 Å². The van der Waals surface area contributed by atoms with E-state index in [2.05, 4.69) is 5.32 Å². The Morgan fingerprint density at radius 2 is 1.96 bits per heavy atom. The number of nitrogens with one attached hydrogen (secondary N) is 1. The molecule has 23 heavy (non-hydrogen) atoms. The van der Waals surface area contributed by atoms with Gasteiger partial charge in [-0.15, -0.1) is 0 Å². The van der Waals surface area contributed by atoms with E-state index in [9.17, 15) is 20.0 Å². The van der Waals surface area contributed by atoms with Crippen molar-refractivity contribution < 1.29 is 14.8 Å². The Labute approximate surface area is 131 Å². The van der Waals surface area contributed by atoms with Crippen LogP contribution in [-0.4, -0.2) is 15.9 Å². The maximum atomic E-state index is 12.2. The number of phenols is 1. The van der Waals surface area contributed by atoms with Crippen molar-refractivity contribution in [3.8, 4) is 11.8 Å². The Morgan fingerprint density at radius 1 is 1.30 bits per heavy atom. The van der Waals surface area contributed by atoms with Crippen LogP contribution in [0.3, 0.4) is 0 Å². The van der Waals surface area contributed by atoms with Crippen molar-refractivity contribution in [3.63, 3.8) is 0 Å². The number of aromatic hydroxyl groups is 1. The molecule has 0 aliphatic rings. The van der Waals surface area contributed by atoms with Gasteiger partial charge in [-0.25, -0.2) is 0 Å². The standard InChI is InChI=1S/C16H13N3O4/c1-10(12-4-2-11(9-17)3-5-12)18-16(21)13-6-7-15(20)14(8-13)19(22)23/h2-8,10,20H,1H3,(H,18,21)/t10-/m0/s1. The lowest BCUT2D eigenvalue weighted by atomic mass is 10.1. The van der Waals surface area contributed by atoms with Crippen LogP contribution in [0, 0.1) is 21.4 Å². The number of carbonyl (C=O) groups excluding carboxylic acids is 1. The summed E-state index contributed by atoms with van der Waals surface area (Å²) < 4.78 is 0. The minimum Gasteiger partial charge on any atom is -0.502 e. The van der Waals surface area contributed by atoms with E-state index in [1.807, 2.05) is 6.07 Å². The van der Waals surface area contributed by atoms with Crippen molar-refractivity contribution in [1.82, 2.24) is 5.32 Å². The Hall–Kier alpha value is -3.40. The molecule has 0 radical (unpaired) electrons. The molecule has 0 saturated heterocycles. The number of amides is 1. The highest BCUT2D eigenvalue weighted by atomic mass is 16.6. The fraction of sp³-hybridized carbons (Fsp3) is 0.125. The molecule has 2 N–H and O–H groups in total. The second-order valence-electron chi connectivity index (χ2n) is 4.89.